The highest BCUT2D eigenvalue weighted by molar-refractivity contribution is 5.86. The lowest BCUT2D eigenvalue weighted by molar-refractivity contribution is -0.148. The van der Waals surface area contributed by atoms with Gasteiger partial charge in [0, 0.05) is 32.7 Å². The fourth-order valence-electron chi connectivity index (χ4n) is 3.32. The lowest BCUT2D eigenvalue weighted by Gasteiger charge is -2.33. The molecule has 0 saturated carbocycles. The van der Waals surface area contributed by atoms with Gasteiger partial charge in [-0.15, -0.1) is 0 Å². The van der Waals surface area contributed by atoms with Crippen molar-refractivity contribution in [3.63, 3.8) is 0 Å². The summed E-state index contributed by atoms with van der Waals surface area (Å²) in [6.45, 7) is 3.34. The number of carbonyl (C=O) groups excluding carboxylic acids is 2. The van der Waals surface area contributed by atoms with E-state index in [-0.39, 0.29) is 36.9 Å². The normalized spacial score (nSPS) is 28.3. The number of hydrogen-bond donors (Lipinski definition) is 1. The molecular weight excluding hydrogens is 300 g/mol. The predicted octanol–water partition coefficient (Wildman–Crippen LogP) is 0.583. The molecule has 2 saturated heterocycles. The Morgan fingerprint density at radius 2 is 2.00 bits per heavy atom. The van der Waals surface area contributed by atoms with Crippen LogP contribution in [0.15, 0.2) is 0 Å². The number of likely N-dealkylation sites (N-methyl/N-ethyl adjacent to an activating group) is 1. The van der Waals surface area contributed by atoms with Crippen molar-refractivity contribution in [1.82, 2.24) is 9.80 Å². The minimum absolute atomic E-state index is 0.0108. The van der Waals surface area contributed by atoms with E-state index < -0.39 is 11.9 Å². The van der Waals surface area contributed by atoms with Crippen LogP contribution in [0.1, 0.15) is 32.6 Å². The first-order valence-electron chi connectivity index (χ1n) is 8.25. The molecule has 7 nitrogen and oxygen atoms in total. The minimum Gasteiger partial charge on any atom is -0.481 e. The second-order valence-corrected chi connectivity index (χ2v) is 6.61. The number of rotatable bonds is 4. The van der Waals surface area contributed by atoms with Gasteiger partial charge < -0.3 is 19.6 Å². The van der Waals surface area contributed by atoms with Gasteiger partial charge in [-0.1, -0.05) is 0 Å². The van der Waals surface area contributed by atoms with Gasteiger partial charge in [-0.3, -0.25) is 14.4 Å². The number of piperidine rings is 1. The number of likely N-dealkylation sites (tertiary alicyclic amines) is 1. The molecule has 1 N–H and O–H groups in total. The molecule has 0 bridgehead atoms. The Hall–Kier alpha value is -1.63. The van der Waals surface area contributed by atoms with Gasteiger partial charge in [0.05, 0.1) is 18.6 Å². The Labute approximate surface area is 136 Å². The third-order valence-corrected chi connectivity index (χ3v) is 4.71. The zero-order valence-corrected chi connectivity index (χ0v) is 13.9. The van der Waals surface area contributed by atoms with Crippen molar-refractivity contribution in [2.24, 2.45) is 11.8 Å². The summed E-state index contributed by atoms with van der Waals surface area (Å²) in [5, 5.41) is 9.09. The van der Waals surface area contributed by atoms with Crippen molar-refractivity contribution < 1.29 is 24.2 Å². The van der Waals surface area contributed by atoms with E-state index in [2.05, 4.69) is 0 Å². The molecule has 2 heterocycles. The number of carbonyl (C=O) groups is 3. The number of hydrogen-bond acceptors (Lipinski definition) is 4. The molecule has 3 atom stereocenters. The van der Waals surface area contributed by atoms with Gasteiger partial charge in [-0.05, 0) is 32.6 Å². The lowest BCUT2D eigenvalue weighted by Crippen LogP contribution is -2.48. The molecule has 0 radical (unpaired) electrons. The molecule has 0 aliphatic carbocycles. The number of amides is 2. The highest BCUT2D eigenvalue weighted by atomic mass is 16.5. The molecule has 130 valence electrons. The zero-order chi connectivity index (χ0) is 17.0. The predicted molar refractivity (Wildman–Crippen MR) is 82.7 cm³/mol. The van der Waals surface area contributed by atoms with Gasteiger partial charge in [-0.2, -0.15) is 0 Å². The van der Waals surface area contributed by atoms with Gasteiger partial charge in [0.1, 0.15) is 0 Å². The van der Waals surface area contributed by atoms with Crippen LogP contribution in [0.5, 0.6) is 0 Å². The van der Waals surface area contributed by atoms with Crippen LogP contribution in [0.25, 0.3) is 0 Å². The van der Waals surface area contributed by atoms with Crippen molar-refractivity contribution in [1.29, 1.82) is 0 Å². The van der Waals surface area contributed by atoms with Gasteiger partial charge in [0.15, 0.2) is 0 Å². The molecule has 2 rings (SSSR count). The molecule has 23 heavy (non-hydrogen) atoms. The molecule has 0 aromatic carbocycles. The van der Waals surface area contributed by atoms with Gasteiger partial charge in [0.2, 0.25) is 11.8 Å². The topological polar surface area (TPSA) is 87.2 Å². The number of aliphatic carboxylic acids is 1. The zero-order valence-electron chi connectivity index (χ0n) is 13.9. The van der Waals surface area contributed by atoms with Crippen LogP contribution in [-0.4, -0.2) is 72.1 Å². The van der Waals surface area contributed by atoms with E-state index in [1.54, 1.807) is 11.9 Å². The molecule has 7 heteroatoms. The molecule has 0 spiro atoms. The van der Waals surface area contributed by atoms with Crippen LogP contribution >= 0.6 is 0 Å². The first kappa shape index (κ1) is 17.7. The lowest BCUT2D eigenvalue weighted by atomic mass is 9.95. The second kappa shape index (κ2) is 7.77. The molecule has 0 aromatic rings. The van der Waals surface area contributed by atoms with E-state index >= 15 is 0 Å². The SMILES string of the molecule is CC1CC(C(=O)N(C)CC(=O)N2CCCC(C(=O)O)C2)CCO1. The summed E-state index contributed by atoms with van der Waals surface area (Å²) in [6, 6.07) is 0. The highest BCUT2D eigenvalue weighted by Gasteiger charge is 2.31. The van der Waals surface area contributed by atoms with Gasteiger partial charge in [0.25, 0.3) is 0 Å². The van der Waals surface area contributed by atoms with E-state index in [0.29, 0.717) is 38.8 Å². The fourth-order valence-corrected chi connectivity index (χ4v) is 3.32. The third kappa shape index (κ3) is 4.67. The summed E-state index contributed by atoms with van der Waals surface area (Å²) < 4.78 is 5.45. The Morgan fingerprint density at radius 3 is 2.65 bits per heavy atom. The maximum Gasteiger partial charge on any atom is 0.308 e. The Balaban J connectivity index is 1.86. The summed E-state index contributed by atoms with van der Waals surface area (Å²) in [5.74, 6) is -1.65. The van der Waals surface area contributed by atoms with E-state index in [1.807, 2.05) is 6.92 Å². The smallest absolute Gasteiger partial charge is 0.308 e. The number of carboxylic acid groups (broad SMARTS) is 1. The molecular formula is C16H26N2O5. The fraction of sp³-hybridized carbons (Fsp3) is 0.812. The van der Waals surface area contributed by atoms with Gasteiger partial charge in [-0.25, -0.2) is 0 Å². The number of carboxylic acids is 1. The molecule has 2 amide bonds. The maximum atomic E-state index is 12.4. The molecule has 2 fully saturated rings. The first-order chi connectivity index (χ1) is 10.9. The molecule has 0 aromatic heterocycles. The van der Waals surface area contributed by atoms with Crippen LogP contribution in [0.2, 0.25) is 0 Å². The third-order valence-electron chi connectivity index (χ3n) is 4.71. The van der Waals surface area contributed by atoms with E-state index in [4.69, 9.17) is 9.84 Å². The average molecular weight is 326 g/mol. The monoisotopic (exact) mass is 326 g/mol. The maximum absolute atomic E-state index is 12.4. The van der Waals surface area contributed by atoms with E-state index in [9.17, 15) is 14.4 Å². The Morgan fingerprint density at radius 1 is 1.26 bits per heavy atom. The van der Waals surface area contributed by atoms with Crippen molar-refractivity contribution in [3.8, 4) is 0 Å². The van der Waals surface area contributed by atoms with E-state index in [0.717, 1.165) is 0 Å². The summed E-state index contributed by atoms with van der Waals surface area (Å²) in [5.41, 5.74) is 0. The Bertz CT molecular complexity index is 467. The summed E-state index contributed by atoms with van der Waals surface area (Å²) in [7, 11) is 1.64. The van der Waals surface area contributed by atoms with Crippen molar-refractivity contribution in [2.45, 2.75) is 38.7 Å². The van der Waals surface area contributed by atoms with Crippen LogP contribution in [-0.2, 0) is 19.1 Å². The first-order valence-corrected chi connectivity index (χ1v) is 8.25. The summed E-state index contributed by atoms with van der Waals surface area (Å²) >= 11 is 0. The van der Waals surface area contributed by atoms with E-state index in [1.165, 1.54) is 4.90 Å². The largest absolute Gasteiger partial charge is 0.481 e. The van der Waals surface area contributed by atoms with Crippen molar-refractivity contribution in [2.75, 3.05) is 33.3 Å². The van der Waals surface area contributed by atoms with Crippen LogP contribution in [0.3, 0.4) is 0 Å². The summed E-state index contributed by atoms with van der Waals surface area (Å²) in [6.07, 6.45) is 2.74. The molecule has 2 aliphatic rings. The number of ether oxygens (including phenoxy) is 1. The van der Waals surface area contributed by atoms with Crippen LogP contribution in [0, 0.1) is 11.8 Å². The Kier molecular flexibility index (Phi) is 5.98. The molecule has 2 aliphatic heterocycles. The quantitative estimate of drug-likeness (QED) is 0.817. The standard InChI is InChI=1S/C16H26N2O5/c1-11-8-12(5-7-23-11)15(20)17(2)10-14(19)18-6-3-4-13(9-18)16(21)22/h11-13H,3-10H2,1-2H3,(H,21,22). The number of nitrogens with zero attached hydrogens (tertiary/aromatic N) is 2. The van der Waals surface area contributed by atoms with Crippen molar-refractivity contribution >= 4 is 17.8 Å². The van der Waals surface area contributed by atoms with Crippen LogP contribution < -0.4 is 0 Å². The minimum atomic E-state index is -0.858. The second-order valence-electron chi connectivity index (χ2n) is 6.61. The summed E-state index contributed by atoms with van der Waals surface area (Å²) in [4.78, 5) is 38.9. The van der Waals surface area contributed by atoms with Gasteiger partial charge >= 0.3 is 5.97 Å². The van der Waals surface area contributed by atoms with Crippen LogP contribution in [0.4, 0.5) is 0 Å². The molecule has 3 unspecified atom stereocenters. The highest BCUT2D eigenvalue weighted by Crippen LogP contribution is 2.22. The van der Waals surface area contributed by atoms with Crippen molar-refractivity contribution in [3.05, 3.63) is 0 Å². The average Bonchev–Trinajstić information content (AvgIpc) is 2.54.